The van der Waals surface area contributed by atoms with Gasteiger partial charge >= 0.3 is 0 Å². The van der Waals surface area contributed by atoms with E-state index in [1.54, 1.807) is 5.56 Å². The molecule has 30 heavy (non-hydrogen) atoms. The lowest BCUT2D eigenvalue weighted by atomic mass is 9.93. The summed E-state index contributed by atoms with van der Waals surface area (Å²) in [6.07, 6.45) is 3.50. The number of benzene rings is 2. The van der Waals surface area contributed by atoms with Crippen LogP contribution in [0.15, 0.2) is 54.6 Å². The van der Waals surface area contributed by atoms with Crippen LogP contribution in [0.4, 0.5) is 0 Å². The maximum Gasteiger partial charge on any atom is 0.0834 e. The van der Waals surface area contributed by atoms with Gasteiger partial charge in [0.25, 0.3) is 0 Å². The molecule has 0 amide bonds. The minimum absolute atomic E-state index is 0.219. The van der Waals surface area contributed by atoms with E-state index in [1.165, 1.54) is 43.5 Å². The Morgan fingerprint density at radius 2 is 1.53 bits per heavy atom. The fourth-order valence-electron chi connectivity index (χ4n) is 5.72. The van der Waals surface area contributed by atoms with E-state index in [1.807, 2.05) is 0 Å². The van der Waals surface area contributed by atoms with Crippen molar-refractivity contribution in [2.45, 2.75) is 44.5 Å². The van der Waals surface area contributed by atoms with Crippen molar-refractivity contribution in [1.29, 1.82) is 0 Å². The van der Waals surface area contributed by atoms with Gasteiger partial charge in [-0.05, 0) is 55.0 Å². The fourth-order valence-corrected chi connectivity index (χ4v) is 5.72. The van der Waals surface area contributed by atoms with Gasteiger partial charge in [0.15, 0.2) is 0 Å². The second-order valence-electron chi connectivity index (χ2n) is 9.55. The summed E-state index contributed by atoms with van der Waals surface area (Å²) in [5, 5.41) is 10.7. The number of rotatable bonds is 5. The van der Waals surface area contributed by atoms with E-state index >= 15 is 0 Å². The highest BCUT2D eigenvalue weighted by atomic mass is 16.3. The molecule has 0 bridgehead atoms. The molecule has 2 fully saturated rings. The van der Waals surface area contributed by atoms with Crippen molar-refractivity contribution in [3.05, 3.63) is 71.3 Å². The SMILES string of the molecule is O[C@@H]1CN(Cc2ccccc2)C[C@H]1N1CCC(CN2CCc3ccccc3C2)CC1. The zero-order valence-electron chi connectivity index (χ0n) is 18.0. The fraction of sp³-hybridized carbons (Fsp3) is 0.538. The molecule has 5 rings (SSSR count). The van der Waals surface area contributed by atoms with Crippen LogP contribution in [0.5, 0.6) is 0 Å². The van der Waals surface area contributed by atoms with Crippen LogP contribution in [-0.2, 0) is 19.5 Å². The van der Waals surface area contributed by atoms with Gasteiger partial charge in [0, 0.05) is 45.3 Å². The molecule has 2 atom stereocenters. The Kier molecular flexibility index (Phi) is 6.19. The molecule has 3 heterocycles. The molecule has 0 aliphatic carbocycles. The van der Waals surface area contributed by atoms with Gasteiger partial charge in [-0.25, -0.2) is 0 Å². The first kappa shape index (κ1) is 20.2. The molecule has 0 saturated carbocycles. The number of hydrogen-bond acceptors (Lipinski definition) is 4. The lowest BCUT2D eigenvalue weighted by Gasteiger charge is -2.39. The van der Waals surface area contributed by atoms with Crippen molar-refractivity contribution in [1.82, 2.24) is 14.7 Å². The van der Waals surface area contributed by atoms with E-state index in [2.05, 4.69) is 69.3 Å². The number of aliphatic hydroxyl groups excluding tert-OH is 1. The molecule has 1 N–H and O–H groups in total. The molecule has 2 aromatic rings. The number of aliphatic hydroxyl groups is 1. The second-order valence-corrected chi connectivity index (χ2v) is 9.55. The first-order chi connectivity index (χ1) is 14.7. The molecule has 4 nitrogen and oxygen atoms in total. The number of hydrogen-bond donors (Lipinski definition) is 1. The Balaban J connectivity index is 1.09. The molecule has 2 saturated heterocycles. The molecular formula is C26H35N3O. The van der Waals surface area contributed by atoms with E-state index in [9.17, 15) is 5.11 Å². The molecule has 0 unspecified atom stereocenters. The van der Waals surface area contributed by atoms with Gasteiger partial charge in [0.1, 0.15) is 0 Å². The zero-order chi connectivity index (χ0) is 20.3. The van der Waals surface area contributed by atoms with Gasteiger partial charge < -0.3 is 5.11 Å². The molecule has 2 aromatic carbocycles. The van der Waals surface area contributed by atoms with Crippen LogP contribution in [0.25, 0.3) is 0 Å². The summed E-state index contributed by atoms with van der Waals surface area (Å²) >= 11 is 0. The predicted octanol–water partition coefficient (Wildman–Crippen LogP) is 3.00. The van der Waals surface area contributed by atoms with Crippen molar-refractivity contribution in [3.8, 4) is 0 Å². The average Bonchev–Trinajstić information content (AvgIpc) is 3.15. The van der Waals surface area contributed by atoms with Crippen LogP contribution in [0, 0.1) is 5.92 Å². The second kappa shape index (κ2) is 9.19. The third-order valence-corrected chi connectivity index (χ3v) is 7.43. The molecule has 0 aromatic heterocycles. The van der Waals surface area contributed by atoms with Gasteiger partial charge in [-0.1, -0.05) is 54.6 Å². The highest BCUT2D eigenvalue weighted by Crippen LogP contribution is 2.27. The highest BCUT2D eigenvalue weighted by Gasteiger charge is 2.37. The van der Waals surface area contributed by atoms with E-state index in [4.69, 9.17) is 0 Å². The summed E-state index contributed by atoms with van der Waals surface area (Å²) in [5.41, 5.74) is 4.40. The topological polar surface area (TPSA) is 30.0 Å². The van der Waals surface area contributed by atoms with Crippen molar-refractivity contribution in [3.63, 3.8) is 0 Å². The Morgan fingerprint density at radius 1 is 0.800 bits per heavy atom. The zero-order valence-corrected chi connectivity index (χ0v) is 18.0. The van der Waals surface area contributed by atoms with Crippen molar-refractivity contribution < 1.29 is 5.11 Å². The van der Waals surface area contributed by atoms with E-state index in [0.29, 0.717) is 6.04 Å². The Labute approximate surface area is 181 Å². The molecule has 0 radical (unpaired) electrons. The molecular weight excluding hydrogens is 370 g/mol. The lowest BCUT2D eigenvalue weighted by molar-refractivity contribution is 0.0513. The standard InChI is InChI=1S/C26H35N3O/c30-26-20-28(17-21-6-2-1-3-7-21)19-25(26)29-14-10-22(11-15-29)16-27-13-12-23-8-4-5-9-24(23)18-27/h1-9,22,25-26,30H,10-20H2/t25-,26-/m1/s1. The monoisotopic (exact) mass is 405 g/mol. The van der Waals surface area contributed by atoms with Crippen molar-refractivity contribution >= 4 is 0 Å². The summed E-state index contributed by atoms with van der Waals surface area (Å²) in [6, 6.07) is 19.9. The lowest BCUT2D eigenvalue weighted by Crippen LogP contribution is -2.48. The number of likely N-dealkylation sites (tertiary alicyclic amines) is 2. The van der Waals surface area contributed by atoms with Crippen LogP contribution < -0.4 is 0 Å². The quantitative estimate of drug-likeness (QED) is 0.828. The van der Waals surface area contributed by atoms with Gasteiger partial charge in [0.2, 0.25) is 0 Å². The number of fused-ring (bicyclic) bond motifs is 1. The molecule has 3 aliphatic rings. The van der Waals surface area contributed by atoms with Crippen molar-refractivity contribution in [2.75, 3.05) is 39.3 Å². The van der Waals surface area contributed by atoms with Crippen LogP contribution in [0.2, 0.25) is 0 Å². The molecule has 4 heteroatoms. The number of β-amino-alcohol motifs (C(OH)–C–C–N with tert-alkyl or cyclic N) is 1. The molecule has 0 spiro atoms. The minimum atomic E-state index is -0.219. The summed E-state index contributed by atoms with van der Waals surface area (Å²) in [5.74, 6) is 0.797. The Bertz CT molecular complexity index is 818. The maximum absolute atomic E-state index is 10.7. The third kappa shape index (κ3) is 4.62. The normalized spacial score (nSPS) is 26.7. The van der Waals surface area contributed by atoms with Gasteiger partial charge in [-0.3, -0.25) is 14.7 Å². The first-order valence-corrected chi connectivity index (χ1v) is 11.7. The maximum atomic E-state index is 10.7. The van der Waals surface area contributed by atoms with E-state index in [-0.39, 0.29) is 6.10 Å². The van der Waals surface area contributed by atoms with E-state index < -0.39 is 0 Å². The van der Waals surface area contributed by atoms with Gasteiger partial charge in [-0.2, -0.15) is 0 Å². The summed E-state index contributed by atoms with van der Waals surface area (Å²) in [7, 11) is 0. The Morgan fingerprint density at radius 3 is 2.33 bits per heavy atom. The van der Waals surface area contributed by atoms with Gasteiger partial charge in [-0.15, -0.1) is 0 Å². The number of piperidine rings is 1. The summed E-state index contributed by atoms with van der Waals surface area (Å²) in [6.45, 7) is 8.55. The predicted molar refractivity (Wildman–Crippen MR) is 121 cm³/mol. The Hall–Kier alpha value is -1.72. The molecule has 3 aliphatic heterocycles. The largest absolute Gasteiger partial charge is 0.390 e. The average molecular weight is 406 g/mol. The first-order valence-electron chi connectivity index (χ1n) is 11.7. The summed E-state index contributed by atoms with van der Waals surface area (Å²) < 4.78 is 0. The third-order valence-electron chi connectivity index (χ3n) is 7.43. The van der Waals surface area contributed by atoms with Crippen LogP contribution in [0.3, 0.4) is 0 Å². The highest BCUT2D eigenvalue weighted by molar-refractivity contribution is 5.29. The minimum Gasteiger partial charge on any atom is -0.390 e. The number of nitrogens with zero attached hydrogens (tertiary/aromatic N) is 3. The smallest absolute Gasteiger partial charge is 0.0834 e. The van der Waals surface area contributed by atoms with Crippen LogP contribution in [-0.4, -0.2) is 71.2 Å². The van der Waals surface area contributed by atoms with Gasteiger partial charge in [0.05, 0.1) is 6.10 Å². The van der Waals surface area contributed by atoms with Crippen LogP contribution >= 0.6 is 0 Å². The van der Waals surface area contributed by atoms with Crippen LogP contribution in [0.1, 0.15) is 29.5 Å². The van der Waals surface area contributed by atoms with Crippen molar-refractivity contribution in [2.24, 2.45) is 5.92 Å². The molecule has 160 valence electrons. The summed E-state index contributed by atoms with van der Waals surface area (Å²) in [4.78, 5) is 7.65. The van der Waals surface area contributed by atoms with E-state index in [0.717, 1.165) is 45.2 Å².